The van der Waals surface area contributed by atoms with Gasteiger partial charge in [-0.25, -0.2) is 0 Å². The Balaban J connectivity index is 1.66. The normalized spacial score (nSPS) is 34.9. The summed E-state index contributed by atoms with van der Waals surface area (Å²) in [6.45, 7) is 13.9. The molecule has 2 heteroatoms. The maximum atomic E-state index is 2.72. The summed E-state index contributed by atoms with van der Waals surface area (Å²) in [6, 6.07) is 0. The Morgan fingerprint density at radius 1 is 1.10 bits per heavy atom. The number of allylic oxidation sites excluding steroid dienone is 2. The first-order chi connectivity index (χ1) is 9.95. The molecule has 21 heavy (non-hydrogen) atoms. The molecule has 0 saturated carbocycles. The van der Waals surface area contributed by atoms with Gasteiger partial charge in [0.05, 0.1) is 0 Å². The van der Waals surface area contributed by atoms with E-state index in [0.29, 0.717) is 5.41 Å². The smallest absolute Gasteiger partial charge is 0.0110 e. The Kier molecular flexibility index (Phi) is 4.47. The molecule has 2 nitrogen and oxygen atoms in total. The highest BCUT2D eigenvalue weighted by Gasteiger charge is 2.37. The zero-order chi connectivity index (χ0) is 15.0. The quantitative estimate of drug-likeness (QED) is 0.714. The fraction of sp³-hybridized carbons (Fsp3) is 0.895. The summed E-state index contributed by atoms with van der Waals surface area (Å²) in [5.74, 6) is 1.78. The zero-order valence-electron chi connectivity index (χ0n) is 14.6. The third-order valence-corrected chi connectivity index (χ3v) is 6.45. The summed E-state index contributed by atoms with van der Waals surface area (Å²) in [5, 5.41) is 0. The molecule has 1 aliphatic heterocycles. The van der Waals surface area contributed by atoms with Crippen LogP contribution in [0, 0.1) is 17.3 Å². The molecule has 0 aromatic carbocycles. The average Bonchev–Trinajstić information content (AvgIpc) is 2.42. The van der Waals surface area contributed by atoms with E-state index < -0.39 is 0 Å². The van der Waals surface area contributed by atoms with Gasteiger partial charge in [0, 0.05) is 32.7 Å². The van der Waals surface area contributed by atoms with Crippen LogP contribution >= 0.6 is 0 Å². The minimum absolute atomic E-state index is 0.480. The van der Waals surface area contributed by atoms with Crippen LogP contribution in [-0.4, -0.2) is 49.6 Å². The van der Waals surface area contributed by atoms with Gasteiger partial charge < -0.3 is 9.80 Å². The molecule has 0 aromatic heterocycles. The van der Waals surface area contributed by atoms with E-state index >= 15 is 0 Å². The lowest BCUT2D eigenvalue weighted by Crippen LogP contribution is -2.47. The summed E-state index contributed by atoms with van der Waals surface area (Å²) < 4.78 is 0. The molecule has 0 amide bonds. The van der Waals surface area contributed by atoms with E-state index in [-0.39, 0.29) is 0 Å². The van der Waals surface area contributed by atoms with Crippen molar-refractivity contribution in [2.75, 3.05) is 39.8 Å². The summed E-state index contributed by atoms with van der Waals surface area (Å²) in [7, 11) is 2.25. The molecular weight excluding hydrogens is 256 g/mol. The number of nitrogens with zero attached hydrogens (tertiary/aromatic N) is 2. The second-order valence-corrected chi connectivity index (χ2v) is 8.57. The fourth-order valence-electron chi connectivity index (χ4n) is 4.80. The molecule has 0 spiro atoms. The standard InChI is InChI=1S/C19H34N2/c1-15-12-16-6-5-7-19(2,3)18(16)13-17(15)14-21-10-8-20(4)9-11-21/h15,17H,5-14H2,1-4H3/t15-,17-/m0/s1. The number of piperazine rings is 1. The van der Waals surface area contributed by atoms with Gasteiger partial charge in [0.1, 0.15) is 0 Å². The van der Waals surface area contributed by atoms with E-state index in [4.69, 9.17) is 0 Å². The van der Waals surface area contributed by atoms with Crippen molar-refractivity contribution < 1.29 is 0 Å². The third-order valence-electron chi connectivity index (χ3n) is 6.45. The second-order valence-electron chi connectivity index (χ2n) is 8.57. The third kappa shape index (κ3) is 3.37. The van der Waals surface area contributed by atoms with Crippen molar-refractivity contribution in [3.8, 4) is 0 Å². The van der Waals surface area contributed by atoms with Crippen LogP contribution in [0.25, 0.3) is 0 Å². The molecule has 1 heterocycles. The van der Waals surface area contributed by atoms with Gasteiger partial charge in [0.2, 0.25) is 0 Å². The topological polar surface area (TPSA) is 6.48 Å². The molecule has 120 valence electrons. The van der Waals surface area contributed by atoms with Gasteiger partial charge in [0.15, 0.2) is 0 Å². The minimum Gasteiger partial charge on any atom is -0.304 e. The molecule has 3 aliphatic rings. The Hall–Kier alpha value is -0.340. The predicted octanol–water partition coefficient (Wildman–Crippen LogP) is 3.79. The van der Waals surface area contributed by atoms with Crippen molar-refractivity contribution in [1.82, 2.24) is 9.80 Å². The van der Waals surface area contributed by atoms with Gasteiger partial charge in [0.25, 0.3) is 0 Å². The average molecular weight is 290 g/mol. The zero-order valence-corrected chi connectivity index (χ0v) is 14.6. The van der Waals surface area contributed by atoms with Crippen molar-refractivity contribution in [1.29, 1.82) is 0 Å². The van der Waals surface area contributed by atoms with Crippen LogP contribution in [0.1, 0.15) is 52.9 Å². The molecule has 0 bridgehead atoms. The lowest BCUT2D eigenvalue weighted by molar-refractivity contribution is 0.114. The summed E-state index contributed by atoms with van der Waals surface area (Å²) >= 11 is 0. The Bertz CT molecular complexity index is 402. The maximum absolute atomic E-state index is 2.72. The van der Waals surface area contributed by atoms with Gasteiger partial charge in [-0.15, -0.1) is 0 Å². The van der Waals surface area contributed by atoms with Crippen LogP contribution < -0.4 is 0 Å². The van der Waals surface area contributed by atoms with Crippen molar-refractivity contribution in [3.63, 3.8) is 0 Å². The van der Waals surface area contributed by atoms with Gasteiger partial charge >= 0.3 is 0 Å². The molecule has 2 aliphatic carbocycles. The Labute approximate surface area is 131 Å². The molecule has 0 N–H and O–H groups in total. The highest BCUT2D eigenvalue weighted by molar-refractivity contribution is 5.27. The number of hydrogen-bond acceptors (Lipinski definition) is 2. The predicted molar refractivity (Wildman–Crippen MR) is 90.5 cm³/mol. The first-order valence-corrected chi connectivity index (χ1v) is 9.08. The molecule has 0 radical (unpaired) electrons. The molecule has 2 atom stereocenters. The fourth-order valence-corrected chi connectivity index (χ4v) is 4.80. The molecule has 3 rings (SSSR count). The van der Waals surface area contributed by atoms with Crippen molar-refractivity contribution in [2.45, 2.75) is 52.9 Å². The highest BCUT2D eigenvalue weighted by Crippen LogP contribution is 2.49. The molecular formula is C19H34N2. The van der Waals surface area contributed by atoms with Crippen LogP contribution in [0.15, 0.2) is 11.1 Å². The van der Waals surface area contributed by atoms with Crippen LogP contribution in [-0.2, 0) is 0 Å². The van der Waals surface area contributed by atoms with Crippen LogP contribution in [0.2, 0.25) is 0 Å². The second kappa shape index (κ2) is 6.04. The molecule has 0 unspecified atom stereocenters. The van der Waals surface area contributed by atoms with E-state index in [1.165, 1.54) is 64.8 Å². The summed E-state index contributed by atoms with van der Waals surface area (Å²) in [6.07, 6.45) is 6.99. The van der Waals surface area contributed by atoms with Gasteiger partial charge in [-0.3, -0.25) is 0 Å². The largest absolute Gasteiger partial charge is 0.304 e. The lowest BCUT2D eigenvalue weighted by atomic mass is 9.63. The maximum Gasteiger partial charge on any atom is 0.0110 e. The van der Waals surface area contributed by atoms with E-state index in [1.807, 2.05) is 11.1 Å². The van der Waals surface area contributed by atoms with Crippen LogP contribution in [0.5, 0.6) is 0 Å². The number of hydrogen-bond donors (Lipinski definition) is 0. The van der Waals surface area contributed by atoms with Gasteiger partial charge in [-0.1, -0.05) is 31.9 Å². The van der Waals surface area contributed by atoms with Gasteiger partial charge in [-0.05, 0) is 56.4 Å². The molecule has 0 aromatic rings. The van der Waals surface area contributed by atoms with Gasteiger partial charge in [-0.2, -0.15) is 0 Å². The van der Waals surface area contributed by atoms with Crippen LogP contribution in [0.3, 0.4) is 0 Å². The monoisotopic (exact) mass is 290 g/mol. The minimum atomic E-state index is 0.480. The van der Waals surface area contributed by atoms with Crippen LogP contribution in [0.4, 0.5) is 0 Å². The Morgan fingerprint density at radius 2 is 1.81 bits per heavy atom. The number of likely N-dealkylation sites (N-methyl/N-ethyl adjacent to an activating group) is 1. The SMILES string of the molecule is C[C@H]1CC2=C(C[C@H]1CN1CCN(C)CC1)C(C)(C)CCC2. The van der Waals surface area contributed by atoms with Crippen molar-refractivity contribution >= 4 is 0 Å². The molecule has 1 fully saturated rings. The first kappa shape index (κ1) is 15.6. The van der Waals surface area contributed by atoms with E-state index in [0.717, 1.165) is 11.8 Å². The first-order valence-electron chi connectivity index (χ1n) is 9.08. The summed E-state index contributed by atoms with van der Waals surface area (Å²) in [5.41, 5.74) is 4.17. The van der Waals surface area contributed by atoms with Crippen molar-refractivity contribution in [2.24, 2.45) is 17.3 Å². The van der Waals surface area contributed by atoms with E-state index in [1.54, 1.807) is 0 Å². The Morgan fingerprint density at radius 3 is 2.52 bits per heavy atom. The lowest BCUT2D eigenvalue weighted by Gasteiger charge is -2.45. The van der Waals surface area contributed by atoms with Crippen molar-refractivity contribution in [3.05, 3.63) is 11.1 Å². The van der Waals surface area contributed by atoms with E-state index in [9.17, 15) is 0 Å². The highest BCUT2D eigenvalue weighted by atomic mass is 15.2. The molecule has 1 saturated heterocycles. The summed E-state index contributed by atoms with van der Waals surface area (Å²) in [4.78, 5) is 5.19. The van der Waals surface area contributed by atoms with E-state index in [2.05, 4.69) is 37.6 Å². The number of rotatable bonds is 2.